The number of benzene rings is 1. The van der Waals surface area contributed by atoms with E-state index in [9.17, 15) is 9.90 Å². The molecule has 10 heteroatoms. The summed E-state index contributed by atoms with van der Waals surface area (Å²) in [6.45, 7) is 7.66. The van der Waals surface area contributed by atoms with Crippen LogP contribution in [0.15, 0.2) is 28.8 Å². The number of rotatable bonds is 8. The van der Waals surface area contributed by atoms with Crippen LogP contribution in [0.4, 0.5) is 8.78 Å². The molecule has 1 amide bonds. The van der Waals surface area contributed by atoms with Gasteiger partial charge in [0.25, 0.3) is 5.91 Å². The molecule has 2 aliphatic rings. The monoisotopic (exact) mass is 536 g/mol. The number of ether oxygens (including phenoxy) is 3. The lowest BCUT2D eigenvalue weighted by molar-refractivity contribution is -0.231. The van der Waals surface area contributed by atoms with Crippen LogP contribution >= 0.6 is 0 Å². The van der Waals surface area contributed by atoms with Gasteiger partial charge in [-0.15, -0.1) is 0 Å². The van der Waals surface area contributed by atoms with E-state index in [0.29, 0.717) is 48.0 Å². The molecule has 1 aromatic heterocycles. The Hall–Kier alpha value is -2.88. The van der Waals surface area contributed by atoms with Gasteiger partial charge in [0.05, 0.1) is 20.3 Å². The number of aliphatic hydroxyl groups is 1. The van der Waals surface area contributed by atoms with Gasteiger partial charge in [0.2, 0.25) is 0 Å². The third-order valence-electron chi connectivity index (χ3n) is 7.51. The third kappa shape index (κ3) is 5.46. The van der Waals surface area contributed by atoms with E-state index < -0.39 is 34.3 Å². The van der Waals surface area contributed by atoms with E-state index in [1.807, 2.05) is 27.7 Å². The molecule has 1 aliphatic carbocycles. The average Bonchev–Trinajstić information content (AvgIpc) is 3.49. The number of alkyl halides is 2. The summed E-state index contributed by atoms with van der Waals surface area (Å²) in [5.74, 6) is -3.39. The molecule has 1 atom stereocenters. The minimum Gasteiger partial charge on any atom is -0.493 e. The molecule has 8 nitrogen and oxygen atoms in total. The number of methoxy groups -OCH3 is 2. The number of hydrogen-bond donors (Lipinski definition) is 1. The maximum atomic E-state index is 15.8. The zero-order valence-electron chi connectivity index (χ0n) is 23.0. The molecule has 210 valence electrons. The Morgan fingerprint density at radius 1 is 1.11 bits per heavy atom. The maximum absolute atomic E-state index is 15.8. The molecule has 1 unspecified atom stereocenters. The standard InChI is InChI=1S/C28H38F2N2O6/c1-25(2)15-26(3,4)17-27(34,16-25)28(29,30)24(33)32-11-7-8-20(32)22-12-18(31-38-22)14-37-19-9-10-21(35-5)23(13-19)36-6/h9-10,12-13,20,34H,7-8,11,14-17H2,1-6H3. The van der Waals surface area contributed by atoms with Crippen molar-refractivity contribution in [1.29, 1.82) is 0 Å². The molecule has 38 heavy (non-hydrogen) atoms. The van der Waals surface area contributed by atoms with Crippen LogP contribution in [0.25, 0.3) is 0 Å². The highest BCUT2D eigenvalue weighted by molar-refractivity contribution is 5.85. The Morgan fingerprint density at radius 2 is 1.76 bits per heavy atom. The largest absolute Gasteiger partial charge is 0.493 e. The van der Waals surface area contributed by atoms with Gasteiger partial charge in [0.15, 0.2) is 17.3 Å². The van der Waals surface area contributed by atoms with Crippen molar-refractivity contribution in [2.75, 3.05) is 20.8 Å². The molecular weight excluding hydrogens is 498 g/mol. The number of hydrogen-bond acceptors (Lipinski definition) is 7. The molecule has 4 rings (SSSR count). The van der Waals surface area contributed by atoms with Crippen molar-refractivity contribution < 1.29 is 37.4 Å². The van der Waals surface area contributed by atoms with Crippen LogP contribution in [0.3, 0.4) is 0 Å². The SMILES string of the molecule is COc1ccc(OCc2cc(C3CCCN3C(=O)C(F)(F)C3(O)CC(C)(C)CC(C)(C)C3)on2)cc1OC. The first kappa shape index (κ1) is 28.1. The fourth-order valence-corrected chi connectivity index (χ4v) is 6.59. The highest BCUT2D eigenvalue weighted by Gasteiger charge is 2.65. The van der Waals surface area contributed by atoms with E-state index in [1.54, 1.807) is 31.4 Å². The minimum absolute atomic E-state index is 0.0692. The van der Waals surface area contributed by atoms with Gasteiger partial charge in [-0.2, -0.15) is 8.78 Å². The summed E-state index contributed by atoms with van der Waals surface area (Å²) in [6, 6.07) is 6.05. The topological polar surface area (TPSA) is 94.3 Å². The number of likely N-dealkylation sites (tertiary alicyclic amines) is 1. The fourth-order valence-electron chi connectivity index (χ4n) is 6.59. The van der Waals surface area contributed by atoms with Crippen molar-refractivity contribution in [1.82, 2.24) is 10.1 Å². The molecule has 1 aromatic carbocycles. The maximum Gasteiger partial charge on any atom is 0.352 e. The van der Waals surface area contributed by atoms with Crippen molar-refractivity contribution in [3.8, 4) is 17.2 Å². The van der Waals surface area contributed by atoms with Crippen molar-refractivity contribution in [3.63, 3.8) is 0 Å². The summed E-state index contributed by atoms with van der Waals surface area (Å²) in [7, 11) is 3.07. The van der Waals surface area contributed by atoms with Gasteiger partial charge in [0, 0.05) is 18.7 Å². The minimum atomic E-state index is -3.94. The van der Waals surface area contributed by atoms with Gasteiger partial charge in [-0.25, -0.2) is 0 Å². The summed E-state index contributed by atoms with van der Waals surface area (Å²) in [5, 5.41) is 15.3. The van der Waals surface area contributed by atoms with E-state index in [-0.39, 0.29) is 26.0 Å². The summed E-state index contributed by atoms with van der Waals surface area (Å²) >= 11 is 0. The van der Waals surface area contributed by atoms with Crippen molar-refractivity contribution >= 4 is 5.91 Å². The van der Waals surface area contributed by atoms with Crippen LogP contribution < -0.4 is 14.2 Å². The first-order valence-corrected chi connectivity index (χ1v) is 12.9. The second kappa shape index (κ2) is 10.0. The number of carbonyl (C=O) groups is 1. The third-order valence-corrected chi connectivity index (χ3v) is 7.51. The summed E-state index contributed by atoms with van der Waals surface area (Å²) in [5.41, 5.74) is -3.03. The van der Waals surface area contributed by atoms with E-state index >= 15 is 8.78 Å². The second-order valence-corrected chi connectivity index (χ2v) is 12.1. The number of aromatic nitrogens is 1. The van der Waals surface area contributed by atoms with Gasteiger partial charge >= 0.3 is 5.92 Å². The van der Waals surface area contributed by atoms with Crippen LogP contribution in [0.2, 0.25) is 0 Å². The van der Waals surface area contributed by atoms with E-state index in [4.69, 9.17) is 18.7 Å². The first-order chi connectivity index (χ1) is 17.7. The Morgan fingerprint density at radius 3 is 2.39 bits per heavy atom. The normalized spacial score (nSPS) is 22.2. The highest BCUT2D eigenvalue weighted by Crippen LogP contribution is 2.55. The summed E-state index contributed by atoms with van der Waals surface area (Å²) < 4.78 is 53.4. The molecule has 0 spiro atoms. The van der Waals surface area contributed by atoms with Gasteiger partial charge in [0.1, 0.15) is 23.7 Å². The quantitative estimate of drug-likeness (QED) is 0.474. The molecule has 0 radical (unpaired) electrons. The highest BCUT2D eigenvalue weighted by atomic mass is 19.3. The van der Waals surface area contributed by atoms with E-state index in [1.165, 1.54) is 7.11 Å². The average molecular weight is 537 g/mol. The predicted molar refractivity (Wildman–Crippen MR) is 135 cm³/mol. The van der Waals surface area contributed by atoms with Gasteiger partial charge in [-0.3, -0.25) is 4.79 Å². The smallest absolute Gasteiger partial charge is 0.352 e. The lowest BCUT2D eigenvalue weighted by Crippen LogP contribution is -2.62. The van der Waals surface area contributed by atoms with Crippen LogP contribution in [0.1, 0.15) is 77.3 Å². The van der Waals surface area contributed by atoms with Gasteiger partial charge in [-0.05, 0) is 55.1 Å². The lowest BCUT2D eigenvalue weighted by Gasteiger charge is -2.51. The molecule has 2 heterocycles. The van der Waals surface area contributed by atoms with Gasteiger partial charge < -0.3 is 28.7 Å². The fraction of sp³-hybridized carbons (Fsp3) is 0.643. The first-order valence-electron chi connectivity index (χ1n) is 12.9. The van der Waals surface area contributed by atoms with E-state index in [0.717, 1.165) is 4.90 Å². The second-order valence-electron chi connectivity index (χ2n) is 12.1. The zero-order valence-corrected chi connectivity index (χ0v) is 23.0. The zero-order chi connectivity index (χ0) is 27.9. The van der Waals surface area contributed by atoms with Crippen molar-refractivity contribution in [2.24, 2.45) is 10.8 Å². The Balaban J connectivity index is 1.48. The molecule has 0 bridgehead atoms. The molecule has 1 N–H and O–H groups in total. The van der Waals surface area contributed by atoms with Crippen LogP contribution in [-0.2, 0) is 11.4 Å². The summed E-state index contributed by atoms with van der Waals surface area (Å²) in [4.78, 5) is 14.4. The molecule has 1 saturated carbocycles. The number of nitrogens with zero attached hydrogens (tertiary/aromatic N) is 2. The lowest BCUT2D eigenvalue weighted by atomic mass is 9.58. The number of amides is 1. The van der Waals surface area contributed by atoms with Gasteiger partial charge in [-0.1, -0.05) is 32.9 Å². The van der Waals surface area contributed by atoms with E-state index in [2.05, 4.69) is 5.16 Å². The molecule has 2 fully saturated rings. The molecular formula is C28H38F2N2O6. The van der Waals surface area contributed by atoms with Crippen LogP contribution in [0, 0.1) is 10.8 Å². The van der Waals surface area contributed by atoms with Crippen LogP contribution in [-0.4, -0.2) is 53.4 Å². The Bertz CT molecular complexity index is 1150. The number of carbonyl (C=O) groups excluding carboxylic acids is 1. The Labute approximate surface area is 222 Å². The van der Waals surface area contributed by atoms with Crippen LogP contribution in [0.5, 0.6) is 17.2 Å². The molecule has 1 aliphatic heterocycles. The van der Waals surface area contributed by atoms with Crippen molar-refractivity contribution in [2.45, 2.75) is 84.0 Å². The summed E-state index contributed by atoms with van der Waals surface area (Å²) in [6.07, 6.45) is 1.38. The predicted octanol–water partition coefficient (Wildman–Crippen LogP) is 5.54. The molecule has 2 aromatic rings. The Kier molecular flexibility index (Phi) is 7.42. The van der Waals surface area contributed by atoms with Crippen molar-refractivity contribution in [3.05, 3.63) is 35.7 Å². The molecule has 1 saturated heterocycles. The number of halogens is 2.